The van der Waals surface area contributed by atoms with Gasteiger partial charge in [-0.1, -0.05) is 42.0 Å². The van der Waals surface area contributed by atoms with Crippen LogP contribution in [-0.4, -0.2) is 34.8 Å². The van der Waals surface area contributed by atoms with Gasteiger partial charge in [-0.05, 0) is 55.3 Å². The number of carbonyl (C=O) groups excluding carboxylic acids is 2. The Hall–Kier alpha value is -2.99. The Morgan fingerprint density at radius 1 is 1.16 bits per heavy atom. The molecule has 31 heavy (non-hydrogen) atoms. The lowest BCUT2D eigenvalue weighted by Gasteiger charge is -2.32. The number of aromatic nitrogens is 1. The minimum Gasteiger partial charge on any atom is -0.347 e. The number of pyridine rings is 1. The molecule has 2 amide bonds. The number of piperidine rings is 1. The molecule has 1 aliphatic rings. The van der Waals surface area contributed by atoms with E-state index in [1.807, 2.05) is 40.6 Å². The van der Waals surface area contributed by atoms with Gasteiger partial charge in [-0.15, -0.1) is 11.3 Å². The number of amides is 2. The fraction of sp³-hybridized carbons (Fsp3) is 0.320. The summed E-state index contributed by atoms with van der Waals surface area (Å²) in [6.07, 6.45) is 4.06. The van der Waals surface area contributed by atoms with E-state index >= 15 is 0 Å². The third-order valence-corrected chi connectivity index (χ3v) is 6.59. The Kier molecular flexibility index (Phi) is 6.77. The lowest BCUT2D eigenvalue weighted by Crippen LogP contribution is -2.46. The van der Waals surface area contributed by atoms with E-state index in [1.54, 1.807) is 6.20 Å². The molecule has 0 radical (unpaired) electrons. The first kappa shape index (κ1) is 21.2. The number of nitrogens with one attached hydrogen (secondary N) is 1. The molecule has 2 atom stereocenters. The number of hydrogen-bond acceptors (Lipinski definition) is 4. The van der Waals surface area contributed by atoms with E-state index in [0.717, 1.165) is 29.0 Å². The molecule has 3 heterocycles. The van der Waals surface area contributed by atoms with Crippen LogP contribution in [0.15, 0.2) is 66.2 Å². The van der Waals surface area contributed by atoms with Crippen LogP contribution in [0.3, 0.4) is 0 Å². The van der Waals surface area contributed by atoms with Crippen molar-refractivity contribution >= 4 is 23.2 Å². The molecular formula is C25H27N3O2S. The summed E-state index contributed by atoms with van der Waals surface area (Å²) in [4.78, 5) is 33.0. The van der Waals surface area contributed by atoms with Crippen LogP contribution in [0.25, 0.3) is 0 Å². The summed E-state index contributed by atoms with van der Waals surface area (Å²) in [6, 6.07) is 17.7. The Balaban J connectivity index is 1.46. The summed E-state index contributed by atoms with van der Waals surface area (Å²) in [5.74, 6) is -0.193. The van der Waals surface area contributed by atoms with Crippen LogP contribution in [-0.2, 0) is 11.2 Å². The van der Waals surface area contributed by atoms with Gasteiger partial charge in [0.15, 0.2) is 0 Å². The van der Waals surface area contributed by atoms with Gasteiger partial charge >= 0.3 is 0 Å². The van der Waals surface area contributed by atoms with Gasteiger partial charge in [0.25, 0.3) is 5.91 Å². The smallest absolute Gasteiger partial charge is 0.263 e. The number of aryl methyl sites for hydroxylation is 1. The van der Waals surface area contributed by atoms with Crippen LogP contribution in [0.1, 0.15) is 45.4 Å². The maximum atomic E-state index is 13.2. The molecule has 160 valence electrons. The van der Waals surface area contributed by atoms with E-state index < -0.39 is 0 Å². The molecule has 1 aromatic carbocycles. The summed E-state index contributed by atoms with van der Waals surface area (Å²) < 4.78 is 0. The zero-order valence-electron chi connectivity index (χ0n) is 17.7. The van der Waals surface area contributed by atoms with Gasteiger partial charge < -0.3 is 10.2 Å². The molecule has 0 bridgehead atoms. The maximum Gasteiger partial charge on any atom is 0.263 e. The number of likely N-dealkylation sites (tertiary alicyclic amines) is 1. The minimum absolute atomic E-state index is 0.00792. The molecule has 1 N–H and O–H groups in total. The summed E-state index contributed by atoms with van der Waals surface area (Å²) >= 11 is 1.44. The normalized spacial score (nSPS) is 17.2. The van der Waals surface area contributed by atoms with Gasteiger partial charge in [-0.3, -0.25) is 14.6 Å². The van der Waals surface area contributed by atoms with Crippen LogP contribution >= 0.6 is 11.3 Å². The second-order valence-corrected chi connectivity index (χ2v) is 9.02. The molecule has 0 saturated carbocycles. The first-order chi connectivity index (χ1) is 15.1. The first-order valence-electron chi connectivity index (χ1n) is 10.7. The van der Waals surface area contributed by atoms with Crippen molar-refractivity contribution in [1.29, 1.82) is 0 Å². The predicted octanol–water partition coefficient (Wildman–Crippen LogP) is 4.40. The number of benzene rings is 1. The van der Waals surface area contributed by atoms with Crippen LogP contribution in [0.2, 0.25) is 0 Å². The monoisotopic (exact) mass is 433 g/mol. The zero-order chi connectivity index (χ0) is 21.6. The number of carbonyl (C=O) groups is 2. The Labute approximate surface area is 187 Å². The molecule has 2 aromatic heterocycles. The van der Waals surface area contributed by atoms with Gasteiger partial charge in [0.2, 0.25) is 5.91 Å². The van der Waals surface area contributed by atoms with Crippen LogP contribution in [0.5, 0.6) is 0 Å². The van der Waals surface area contributed by atoms with Crippen molar-refractivity contribution in [2.75, 3.05) is 13.1 Å². The molecular weight excluding hydrogens is 406 g/mol. The molecule has 6 heteroatoms. The quantitative estimate of drug-likeness (QED) is 0.627. The Morgan fingerprint density at radius 3 is 2.71 bits per heavy atom. The highest BCUT2D eigenvalue weighted by Crippen LogP contribution is 2.23. The SMILES string of the molecule is Cc1ccc(CC(NC(=O)C2CCCN(C(=O)c3cccs3)C2)c2ccccn2)cc1. The molecule has 3 aromatic rings. The van der Waals surface area contributed by atoms with Crippen molar-refractivity contribution in [2.24, 2.45) is 5.92 Å². The molecule has 1 fully saturated rings. The highest BCUT2D eigenvalue weighted by atomic mass is 32.1. The zero-order valence-corrected chi connectivity index (χ0v) is 18.5. The van der Waals surface area contributed by atoms with Crippen molar-refractivity contribution in [3.63, 3.8) is 0 Å². The molecule has 1 aliphatic heterocycles. The van der Waals surface area contributed by atoms with Crippen molar-refractivity contribution in [3.8, 4) is 0 Å². The Morgan fingerprint density at radius 2 is 2.00 bits per heavy atom. The largest absolute Gasteiger partial charge is 0.347 e. The number of rotatable bonds is 6. The molecule has 2 unspecified atom stereocenters. The number of hydrogen-bond donors (Lipinski definition) is 1. The van der Waals surface area contributed by atoms with Gasteiger partial charge in [0.1, 0.15) is 0 Å². The second kappa shape index (κ2) is 9.88. The van der Waals surface area contributed by atoms with Gasteiger partial charge in [-0.25, -0.2) is 0 Å². The summed E-state index contributed by atoms with van der Waals surface area (Å²) in [5.41, 5.74) is 3.21. The van der Waals surface area contributed by atoms with E-state index in [9.17, 15) is 9.59 Å². The fourth-order valence-electron chi connectivity index (χ4n) is 3.99. The van der Waals surface area contributed by atoms with Crippen LogP contribution in [0, 0.1) is 12.8 Å². The van der Waals surface area contributed by atoms with Gasteiger partial charge in [-0.2, -0.15) is 0 Å². The van der Waals surface area contributed by atoms with E-state index in [-0.39, 0.29) is 23.8 Å². The number of thiophene rings is 1. The average Bonchev–Trinajstić information content (AvgIpc) is 3.35. The lowest BCUT2D eigenvalue weighted by atomic mass is 9.95. The van der Waals surface area contributed by atoms with E-state index in [4.69, 9.17) is 0 Å². The van der Waals surface area contributed by atoms with Gasteiger partial charge in [0.05, 0.1) is 22.5 Å². The van der Waals surface area contributed by atoms with E-state index in [2.05, 4.69) is 41.5 Å². The highest BCUT2D eigenvalue weighted by molar-refractivity contribution is 7.12. The summed E-state index contributed by atoms with van der Waals surface area (Å²) in [6.45, 7) is 3.23. The topological polar surface area (TPSA) is 62.3 Å². The van der Waals surface area contributed by atoms with Crippen LogP contribution < -0.4 is 5.32 Å². The van der Waals surface area contributed by atoms with Crippen molar-refractivity contribution in [2.45, 2.75) is 32.2 Å². The molecule has 0 aliphatic carbocycles. The highest BCUT2D eigenvalue weighted by Gasteiger charge is 2.30. The Bertz CT molecular complexity index is 1000. The second-order valence-electron chi connectivity index (χ2n) is 8.07. The third kappa shape index (κ3) is 5.39. The molecule has 4 rings (SSSR count). The van der Waals surface area contributed by atoms with Gasteiger partial charge in [0, 0.05) is 19.3 Å². The maximum absolute atomic E-state index is 13.2. The fourth-order valence-corrected chi connectivity index (χ4v) is 4.68. The summed E-state index contributed by atoms with van der Waals surface area (Å²) in [5, 5.41) is 5.13. The van der Waals surface area contributed by atoms with Crippen molar-refractivity contribution < 1.29 is 9.59 Å². The van der Waals surface area contributed by atoms with Crippen LogP contribution in [0.4, 0.5) is 0 Å². The molecule has 1 saturated heterocycles. The third-order valence-electron chi connectivity index (χ3n) is 5.73. The van der Waals surface area contributed by atoms with Crippen molar-refractivity contribution in [3.05, 3.63) is 87.9 Å². The molecule has 0 spiro atoms. The van der Waals surface area contributed by atoms with E-state index in [1.165, 1.54) is 16.9 Å². The number of nitrogens with zero attached hydrogens (tertiary/aromatic N) is 2. The van der Waals surface area contributed by atoms with Crippen molar-refractivity contribution in [1.82, 2.24) is 15.2 Å². The lowest BCUT2D eigenvalue weighted by molar-refractivity contribution is -0.127. The average molecular weight is 434 g/mol. The minimum atomic E-state index is -0.209. The first-order valence-corrected chi connectivity index (χ1v) is 11.6. The standard InChI is InChI=1S/C25H27N3O2S/c1-18-9-11-19(12-10-18)16-22(21-7-2-3-13-26-21)27-24(29)20-6-4-14-28(17-20)25(30)23-8-5-15-31-23/h2-3,5,7-13,15,20,22H,4,6,14,16-17H2,1H3,(H,27,29). The van der Waals surface area contributed by atoms with E-state index in [0.29, 0.717) is 19.5 Å². The molecule has 5 nitrogen and oxygen atoms in total. The predicted molar refractivity (Wildman–Crippen MR) is 123 cm³/mol. The summed E-state index contributed by atoms with van der Waals surface area (Å²) in [7, 11) is 0.